The molecule has 1 aliphatic carbocycles. The summed E-state index contributed by atoms with van der Waals surface area (Å²) in [4.78, 5) is 34.6. The molecule has 1 rings (SSSR count). The van der Waals surface area contributed by atoms with Crippen LogP contribution in [0.25, 0.3) is 0 Å². The molecule has 190 valence electrons. The lowest BCUT2D eigenvalue weighted by Crippen LogP contribution is -2.43. The number of alkyl carbamates (subject to hydrolysis) is 2. The molecular weight excluding hydrogens is 452 g/mol. The standard InChI is InChI=1S/C21H38N2O9Si/c1-5-19(24)30-11-12-32-21(26)23-16-18-9-6-8-17(14-18)15-22-20(25)31-10-7-13-33(27-2,28-3)29-4/h5,17-18H,1,6-16H2,2-4H3,(H,22,25)(H,23,26). The second-order valence-corrected chi connectivity index (χ2v) is 10.8. The smallest absolute Gasteiger partial charge is 0.459 e. The highest BCUT2D eigenvalue weighted by Gasteiger charge is 2.37. The van der Waals surface area contributed by atoms with E-state index in [-0.39, 0.29) is 19.8 Å². The number of rotatable bonds is 15. The SMILES string of the molecule is C=CC(=O)OCCOC(=O)NCC1CCCC(CNC(=O)OCCC[Si](OC)(OC)OC)C1. The molecule has 0 bridgehead atoms. The van der Waals surface area contributed by atoms with Crippen molar-refractivity contribution in [2.45, 2.75) is 38.1 Å². The lowest BCUT2D eigenvalue weighted by Gasteiger charge is -2.29. The molecule has 1 aliphatic rings. The number of esters is 1. The number of carbonyl (C=O) groups excluding carboxylic acids is 3. The van der Waals surface area contributed by atoms with Crippen molar-refractivity contribution in [3.05, 3.63) is 12.7 Å². The lowest BCUT2D eigenvalue weighted by atomic mass is 9.81. The Balaban J connectivity index is 2.17. The maximum absolute atomic E-state index is 12.0. The Morgan fingerprint density at radius 1 is 0.879 bits per heavy atom. The summed E-state index contributed by atoms with van der Waals surface area (Å²) in [6, 6.07) is 0.559. The van der Waals surface area contributed by atoms with Crippen LogP contribution in [0.4, 0.5) is 9.59 Å². The van der Waals surface area contributed by atoms with Crippen LogP contribution < -0.4 is 10.6 Å². The van der Waals surface area contributed by atoms with Gasteiger partial charge in [-0.15, -0.1) is 0 Å². The van der Waals surface area contributed by atoms with E-state index in [4.69, 9.17) is 27.5 Å². The Morgan fingerprint density at radius 2 is 1.39 bits per heavy atom. The van der Waals surface area contributed by atoms with Gasteiger partial charge in [-0.25, -0.2) is 14.4 Å². The molecule has 2 atom stereocenters. The average molecular weight is 491 g/mol. The predicted octanol–water partition coefficient (Wildman–Crippen LogP) is 2.24. The van der Waals surface area contributed by atoms with Gasteiger partial charge in [0, 0.05) is 46.5 Å². The molecule has 2 unspecified atom stereocenters. The summed E-state index contributed by atoms with van der Waals surface area (Å²) in [5, 5.41) is 5.56. The highest BCUT2D eigenvalue weighted by molar-refractivity contribution is 6.60. The number of hydrogen-bond donors (Lipinski definition) is 2. The van der Waals surface area contributed by atoms with Crippen molar-refractivity contribution in [1.82, 2.24) is 10.6 Å². The third kappa shape index (κ3) is 12.0. The van der Waals surface area contributed by atoms with E-state index in [0.29, 0.717) is 37.4 Å². The van der Waals surface area contributed by atoms with Crippen molar-refractivity contribution in [3.8, 4) is 0 Å². The molecule has 1 saturated carbocycles. The molecule has 11 nitrogen and oxygen atoms in total. The monoisotopic (exact) mass is 490 g/mol. The van der Waals surface area contributed by atoms with Crippen LogP contribution in [-0.4, -0.2) is 81.2 Å². The van der Waals surface area contributed by atoms with Gasteiger partial charge in [0.15, 0.2) is 0 Å². The summed E-state index contributed by atoms with van der Waals surface area (Å²) >= 11 is 0. The van der Waals surface area contributed by atoms with Crippen LogP contribution in [0, 0.1) is 11.8 Å². The molecule has 12 heteroatoms. The molecule has 0 radical (unpaired) electrons. The molecular formula is C21H38N2O9Si. The lowest BCUT2D eigenvalue weighted by molar-refractivity contribution is -0.138. The Morgan fingerprint density at radius 3 is 1.91 bits per heavy atom. The average Bonchev–Trinajstić information content (AvgIpc) is 2.84. The fourth-order valence-corrected chi connectivity index (χ4v) is 5.37. The van der Waals surface area contributed by atoms with Gasteiger partial charge < -0.3 is 38.1 Å². The zero-order valence-corrected chi connectivity index (χ0v) is 20.9. The first-order valence-corrected chi connectivity index (χ1v) is 13.1. The van der Waals surface area contributed by atoms with E-state index >= 15 is 0 Å². The first-order valence-electron chi connectivity index (χ1n) is 11.1. The van der Waals surface area contributed by atoms with E-state index in [9.17, 15) is 14.4 Å². The predicted molar refractivity (Wildman–Crippen MR) is 122 cm³/mol. The summed E-state index contributed by atoms with van der Waals surface area (Å²) in [5.74, 6) is 0.0719. The highest BCUT2D eigenvalue weighted by atomic mass is 28.4. The van der Waals surface area contributed by atoms with Crippen LogP contribution in [0.1, 0.15) is 32.1 Å². The molecule has 0 aliphatic heterocycles. The van der Waals surface area contributed by atoms with Gasteiger partial charge in [0.1, 0.15) is 13.2 Å². The Hall–Kier alpha value is -2.15. The van der Waals surface area contributed by atoms with Crippen LogP contribution in [0.5, 0.6) is 0 Å². The summed E-state index contributed by atoms with van der Waals surface area (Å²) in [6.07, 6.45) is 4.57. The zero-order valence-electron chi connectivity index (χ0n) is 19.9. The van der Waals surface area contributed by atoms with Crippen LogP contribution in [-0.2, 0) is 32.3 Å². The topological polar surface area (TPSA) is 131 Å². The molecule has 0 aromatic heterocycles. The third-order valence-corrected chi connectivity index (χ3v) is 8.31. The quantitative estimate of drug-likeness (QED) is 0.117. The summed E-state index contributed by atoms with van der Waals surface area (Å²) in [5.41, 5.74) is 0. The molecule has 0 heterocycles. The summed E-state index contributed by atoms with van der Waals surface area (Å²) in [6.45, 7) is 4.53. The minimum atomic E-state index is -2.65. The number of hydrogen-bond acceptors (Lipinski definition) is 9. The van der Waals surface area contributed by atoms with E-state index in [1.165, 1.54) is 0 Å². The number of carbonyl (C=O) groups is 3. The summed E-state index contributed by atoms with van der Waals surface area (Å²) < 4.78 is 30.9. The van der Waals surface area contributed by atoms with Gasteiger partial charge in [0.2, 0.25) is 0 Å². The number of amides is 2. The molecule has 1 fully saturated rings. The van der Waals surface area contributed by atoms with Gasteiger partial charge in [-0.3, -0.25) is 0 Å². The van der Waals surface area contributed by atoms with Crippen molar-refractivity contribution in [3.63, 3.8) is 0 Å². The zero-order chi connectivity index (χ0) is 24.5. The van der Waals surface area contributed by atoms with E-state index in [1.54, 1.807) is 21.3 Å². The van der Waals surface area contributed by atoms with Gasteiger partial charge in [-0.1, -0.05) is 13.0 Å². The molecule has 0 saturated heterocycles. The molecule has 2 N–H and O–H groups in total. The fourth-order valence-electron chi connectivity index (χ4n) is 3.68. The van der Waals surface area contributed by atoms with Crippen LogP contribution in [0.3, 0.4) is 0 Å². The van der Waals surface area contributed by atoms with E-state index in [1.807, 2.05) is 0 Å². The molecule has 2 amide bonds. The second kappa shape index (κ2) is 16.5. The molecule has 33 heavy (non-hydrogen) atoms. The van der Waals surface area contributed by atoms with Crippen molar-refractivity contribution < 1.29 is 41.9 Å². The van der Waals surface area contributed by atoms with Crippen molar-refractivity contribution in [1.29, 1.82) is 0 Å². The fraction of sp³-hybridized carbons (Fsp3) is 0.762. The summed E-state index contributed by atoms with van der Waals surface area (Å²) in [7, 11) is 2.00. The van der Waals surface area contributed by atoms with Crippen molar-refractivity contribution >= 4 is 27.0 Å². The largest absolute Gasteiger partial charge is 0.500 e. The highest BCUT2D eigenvalue weighted by Crippen LogP contribution is 2.28. The van der Waals surface area contributed by atoms with E-state index in [0.717, 1.165) is 31.8 Å². The van der Waals surface area contributed by atoms with Gasteiger partial charge in [0.25, 0.3) is 0 Å². The van der Waals surface area contributed by atoms with Crippen LogP contribution >= 0.6 is 0 Å². The molecule has 0 aromatic rings. The molecule has 0 aromatic carbocycles. The first kappa shape index (κ1) is 28.9. The number of ether oxygens (including phenoxy) is 3. The van der Waals surface area contributed by atoms with Crippen LogP contribution in [0.15, 0.2) is 12.7 Å². The number of nitrogens with one attached hydrogen (secondary N) is 2. The Labute approximate surface area is 196 Å². The van der Waals surface area contributed by atoms with Crippen LogP contribution in [0.2, 0.25) is 6.04 Å². The maximum atomic E-state index is 12.0. The van der Waals surface area contributed by atoms with Crippen molar-refractivity contribution in [2.75, 3.05) is 54.2 Å². The molecule has 0 spiro atoms. The minimum Gasteiger partial charge on any atom is -0.459 e. The van der Waals surface area contributed by atoms with E-state index < -0.39 is 27.0 Å². The Bertz CT molecular complexity index is 608. The second-order valence-electron chi connectivity index (χ2n) is 7.70. The maximum Gasteiger partial charge on any atom is 0.500 e. The van der Waals surface area contributed by atoms with E-state index in [2.05, 4.69) is 17.2 Å². The first-order chi connectivity index (χ1) is 15.9. The Kier molecular flexibility index (Phi) is 14.4. The van der Waals surface area contributed by atoms with Gasteiger partial charge >= 0.3 is 27.0 Å². The van der Waals surface area contributed by atoms with Crippen molar-refractivity contribution in [2.24, 2.45) is 11.8 Å². The third-order valence-electron chi connectivity index (χ3n) is 5.48. The van der Waals surface area contributed by atoms with Gasteiger partial charge in [-0.2, -0.15) is 0 Å². The van der Waals surface area contributed by atoms with Gasteiger partial charge in [0.05, 0.1) is 6.61 Å². The normalized spacial score (nSPS) is 18.2. The minimum absolute atomic E-state index is 0.0144. The van der Waals surface area contributed by atoms with Gasteiger partial charge in [-0.05, 0) is 37.5 Å².